The minimum Gasteiger partial charge on any atom is -0.448 e. The SMILES string of the molecule is Cc1sc(NC(=O)C2CC2)c(C(=O)O[C@@H](C(=O)NC(N)=O)C(C)C)c1C. The lowest BCUT2D eigenvalue weighted by atomic mass is 10.1. The van der Waals surface area contributed by atoms with Crippen molar-refractivity contribution in [3.05, 3.63) is 16.0 Å². The lowest BCUT2D eigenvalue weighted by molar-refractivity contribution is -0.131. The summed E-state index contributed by atoms with van der Waals surface area (Å²) in [6.45, 7) is 6.95. The van der Waals surface area contributed by atoms with Crippen LogP contribution in [0.25, 0.3) is 0 Å². The molecule has 2 rings (SSSR count). The van der Waals surface area contributed by atoms with Gasteiger partial charge in [-0.1, -0.05) is 13.8 Å². The van der Waals surface area contributed by atoms with Crippen molar-refractivity contribution in [1.82, 2.24) is 5.32 Å². The molecule has 0 aromatic carbocycles. The Morgan fingerprint density at radius 3 is 2.31 bits per heavy atom. The summed E-state index contributed by atoms with van der Waals surface area (Å²) in [5.74, 6) is -2.01. The maximum absolute atomic E-state index is 12.7. The van der Waals surface area contributed by atoms with E-state index in [2.05, 4.69) is 5.32 Å². The number of esters is 1. The van der Waals surface area contributed by atoms with Crippen molar-refractivity contribution < 1.29 is 23.9 Å². The van der Waals surface area contributed by atoms with Gasteiger partial charge < -0.3 is 15.8 Å². The van der Waals surface area contributed by atoms with Crippen LogP contribution in [0.3, 0.4) is 0 Å². The van der Waals surface area contributed by atoms with Crippen LogP contribution >= 0.6 is 11.3 Å². The molecule has 4 N–H and O–H groups in total. The van der Waals surface area contributed by atoms with Crippen LogP contribution in [0.4, 0.5) is 9.80 Å². The second kappa shape index (κ2) is 7.86. The molecule has 26 heavy (non-hydrogen) atoms. The smallest absolute Gasteiger partial charge is 0.342 e. The number of urea groups is 1. The maximum Gasteiger partial charge on any atom is 0.342 e. The first-order chi connectivity index (χ1) is 12.1. The van der Waals surface area contributed by atoms with Gasteiger partial charge in [-0.05, 0) is 38.2 Å². The van der Waals surface area contributed by atoms with Crippen LogP contribution in [0.5, 0.6) is 0 Å². The number of imide groups is 1. The Morgan fingerprint density at radius 2 is 1.81 bits per heavy atom. The van der Waals surface area contributed by atoms with E-state index >= 15 is 0 Å². The molecular weight excluding hydrogens is 358 g/mol. The third-order valence-corrected chi connectivity index (χ3v) is 5.24. The molecule has 1 atom stereocenters. The van der Waals surface area contributed by atoms with E-state index in [1.807, 2.05) is 12.2 Å². The molecule has 4 amide bonds. The number of thiophene rings is 1. The summed E-state index contributed by atoms with van der Waals surface area (Å²) in [6, 6.07) is -1.02. The van der Waals surface area contributed by atoms with E-state index in [0.717, 1.165) is 17.7 Å². The average molecular weight is 381 g/mol. The normalized spacial score (nSPS) is 14.7. The monoisotopic (exact) mass is 381 g/mol. The topological polar surface area (TPSA) is 128 Å². The molecule has 1 aliphatic rings. The van der Waals surface area contributed by atoms with Crippen molar-refractivity contribution in [2.45, 2.75) is 46.6 Å². The number of hydrogen-bond donors (Lipinski definition) is 3. The van der Waals surface area contributed by atoms with E-state index in [9.17, 15) is 19.2 Å². The molecule has 0 radical (unpaired) electrons. The molecule has 9 heteroatoms. The Labute approximate surface area is 155 Å². The molecule has 1 aromatic rings. The van der Waals surface area contributed by atoms with Gasteiger partial charge in [0, 0.05) is 10.8 Å². The van der Waals surface area contributed by atoms with E-state index in [4.69, 9.17) is 10.5 Å². The van der Waals surface area contributed by atoms with Crippen molar-refractivity contribution in [3.63, 3.8) is 0 Å². The van der Waals surface area contributed by atoms with Gasteiger partial charge in [0.15, 0.2) is 6.10 Å². The Balaban J connectivity index is 2.22. The van der Waals surface area contributed by atoms with Gasteiger partial charge in [0.2, 0.25) is 5.91 Å². The van der Waals surface area contributed by atoms with E-state index in [-0.39, 0.29) is 23.3 Å². The Bertz CT molecular complexity index is 752. The first kappa shape index (κ1) is 19.9. The van der Waals surface area contributed by atoms with Gasteiger partial charge in [-0.2, -0.15) is 0 Å². The molecule has 0 bridgehead atoms. The summed E-state index contributed by atoms with van der Waals surface area (Å²) in [5.41, 5.74) is 5.88. The Kier molecular flexibility index (Phi) is 6.01. The van der Waals surface area contributed by atoms with Gasteiger partial charge in [-0.25, -0.2) is 9.59 Å². The van der Waals surface area contributed by atoms with Gasteiger partial charge >= 0.3 is 12.0 Å². The highest BCUT2D eigenvalue weighted by molar-refractivity contribution is 7.16. The molecule has 8 nitrogen and oxygen atoms in total. The predicted molar refractivity (Wildman–Crippen MR) is 96.9 cm³/mol. The molecule has 1 heterocycles. The third-order valence-electron chi connectivity index (χ3n) is 4.12. The standard InChI is InChI=1S/C17H23N3O5S/c1-7(2)12(14(22)20-17(18)24)25-16(23)11-8(3)9(4)26-15(11)19-13(21)10-5-6-10/h7,10,12H,5-6H2,1-4H3,(H,19,21)(H3,18,20,22,24)/t12-/m1/s1. The van der Waals surface area contributed by atoms with Crippen LogP contribution in [0, 0.1) is 25.7 Å². The third kappa shape index (κ3) is 4.60. The molecule has 1 aromatic heterocycles. The van der Waals surface area contributed by atoms with Crippen LogP contribution in [0.1, 0.15) is 47.5 Å². The zero-order chi connectivity index (χ0) is 19.6. The number of carbonyl (C=O) groups is 4. The number of carbonyl (C=O) groups excluding carboxylic acids is 4. The fourth-order valence-electron chi connectivity index (χ4n) is 2.38. The minimum absolute atomic E-state index is 0.00802. The number of hydrogen-bond acceptors (Lipinski definition) is 6. The van der Waals surface area contributed by atoms with Crippen molar-refractivity contribution in [2.75, 3.05) is 5.32 Å². The molecule has 1 saturated carbocycles. The average Bonchev–Trinajstić information content (AvgIpc) is 3.32. The van der Waals surface area contributed by atoms with Crippen molar-refractivity contribution in [2.24, 2.45) is 17.6 Å². The molecule has 1 aliphatic carbocycles. The van der Waals surface area contributed by atoms with Crippen LogP contribution in [-0.2, 0) is 14.3 Å². The molecule has 0 unspecified atom stereocenters. The van der Waals surface area contributed by atoms with Crippen LogP contribution in [-0.4, -0.2) is 29.9 Å². The second-order valence-corrected chi connectivity index (χ2v) is 7.90. The van der Waals surface area contributed by atoms with Gasteiger partial charge in [0.05, 0.1) is 5.56 Å². The summed E-state index contributed by atoms with van der Waals surface area (Å²) in [6.07, 6.45) is 0.511. The summed E-state index contributed by atoms with van der Waals surface area (Å²) in [7, 11) is 0. The number of primary amides is 1. The molecule has 0 aliphatic heterocycles. The first-order valence-corrected chi connectivity index (χ1v) is 9.15. The van der Waals surface area contributed by atoms with E-state index < -0.39 is 24.0 Å². The number of nitrogens with one attached hydrogen (secondary N) is 2. The molecule has 0 spiro atoms. The zero-order valence-electron chi connectivity index (χ0n) is 15.2. The lowest BCUT2D eigenvalue weighted by Gasteiger charge is -2.20. The van der Waals surface area contributed by atoms with E-state index in [0.29, 0.717) is 10.6 Å². The molecule has 142 valence electrons. The molecule has 1 fully saturated rings. The largest absolute Gasteiger partial charge is 0.448 e. The van der Waals surface area contributed by atoms with Crippen LogP contribution in [0.15, 0.2) is 0 Å². The van der Waals surface area contributed by atoms with Crippen molar-refractivity contribution >= 4 is 40.2 Å². The summed E-state index contributed by atoms with van der Waals surface area (Å²) in [4.78, 5) is 48.6. The van der Waals surface area contributed by atoms with Crippen molar-refractivity contribution in [3.8, 4) is 0 Å². The summed E-state index contributed by atoms with van der Waals surface area (Å²) in [5, 5.41) is 5.13. The summed E-state index contributed by atoms with van der Waals surface area (Å²) < 4.78 is 5.35. The van der Waals surface area contributed by atoms with Gasteiger partial charge in [-0.3, -0.25) is 14.9 Å². The number of nitrogens with two attached hydrogens (primary N) is 1. The Morgan fingerprint density at radius 1 is 1.19 bits per heavy atom. The number of amides is 4. The van der Waals surface area contributed by atoms with E-state index in [1.54, 1.807) is 20.8 Å². The number of rotatable bonds is 6. The first-order valence-electron chi connectivity index (χ1n) is 8.34. The predicted octanol–water partition coefficient (Wildman–Crippen LogP) is 2.09. The van der Waals surface area contributed by atoms with Gasteiger partial charge in [0.25, 0.3) is 5.91 Å². The maximum atomic E-state index is 12.7. The highest BCUT2D eigenvalue weighted by atomic mass is 32.1. The number of aryl methyl sites for hydroxylation is 1. The van der Waals surface area contributed by atoms with Gasteiger partial charge in [0.1, 0.15) is 5.00 Å². The fraction of sp³-hybridized carbons (Fsp3) is 0.529. The van der Waals surface area contributed by atoms with Gasteiger partial charge in [-0.15, -0.1) is 11.3 Å². The molecule has 0 saturated heterocycles. The highest BCUT2D eigenvalue weighted by Crippen LogP contribution is 2.36. The minimum atomic E-state index is -1.18. The number of ether oxygens (including phenoxy) is 1. The fourth-order valence-corrected chi connectivity index (χ4v) is 3.43. The quantitative estimate of drug-likeness (QED) is 0.650. The molecular formula is C17H23N3O5S. The van der Waals surface area contributed by atoms with Crippen LogP contribution < -0.4 is 16.4 Å². The lowest BCUT2D eigenvalue weighted by Crippen LogP contribution is -2.45. The van der Waals surface area contributed by atoms with E-state index in [1.165, 1.54) is 11.3 Å². The second-order valence-electron chi connectivity index (χ2n) is 6.67. The van der Waals surface area contributed by atoms with Crippen LogP contribution in [0.2, 0.25) is 0 Å². The van der Waals surface area contributed by atoms with Crippen molar-refractivity contribution in [1.29, 1.82) is 0 Å². The number of anilines is 1. The summed E-state index contributed by atoms with van der Waals surface area (Å²) >= 11 is 1.29. The Hall–Kier alpha value is -2.42. The highest BCUT2D eigenvalue weighted by Gasteiger charge is 2.33. The zero-order valence-corrected chi connectivity index (χ0v) is 16.0.